The fourth-order valence-corrected chi connectivity index (χ4v) is 1.62. The van der Waals surface area contributed by atoms with Crippen LogP contribution in [-0.2, 0) is 6.61 Å². The second-order valence-corrected chi connectivity index (χ2v) is 3.93. The van der Waals surface area contributed by atoms with Crippen molar-refractivity contribution in [1.82, 2.24) is 0 Å². The zero-order valence-corrected chi connectivity index (χ0v) is 10.3. The molecule has 0 saturated heterocycles. The second kappa shape index (κ2) is 5.56. The summed E-state index contributed by atoms with van der Waals surface area (Å²) >= 11 is 0. The molecule has 0 heterocycles. The second-order valence-electron chi connectivity index (χ2n) is 3.93. The first-order chi connectivity index (χ1) is 9.10. The van der Waals surface area contributed by atoms with E-state index in [4.69, 9.17) is 15.2 Å². The van der Waals surface area contributed by atoms with Gasteiger partial charge in [-0.05, 0) is 24.3 Å². The molecule has 3 nitrogen and oxygen atoms in total. The molecule has 2 rings (SSSR count). The van der Waals surface area contributed by atoms with Crippen LogP contribution in [-0.4, -0.2) is 7.11 Å². The third kappa shape index (κ3) is 3.13. The maximum Gasteiger partial charge on any atom is 0.165 e. The average Bonchev–Trinajstić information content (AvgIpc) is 2.40. The Labute approximate surface area is 109 Å². The molecule has 0 aliphatic rings. The van der Waals surface area contributed by atoms with Crippen molar-refractivity contribution in [3.63, 3.8) is 0 Å². The van der Waals surface area contributed by atoms with Gasteiger partial charge in [0.1, 0.15) is 18.2 Å². The van der Waals surface area contributed by atoms with E-state index in [0.717, 1.165) is 18.2 Å². The number of nitrogen functional groups attached to an aromatic ring is 1. The van der Waals surface area contributed by atoms with Gasteiger partial charge in [-0.1, -0.05) is 0 Å². The van der Waals surface area contributed by atoms with Crippen LogP contribution in [0, 0.1) is 11.6 Å². The molecule has 0 aromatic heterocycles. The van der Waals surface area contributed by atoms with Crippen LogP contribution in [0.15, 0.2) is 36.4 Å². The highest BCUT2D eigenvalue weighted by Gasteiger charge is 2.08. The number of methoxy groups -OCH3 is 1. The summed E-state index contributed by atoms with van der Waals surface area (Å²) in [7, 11) is 1.50. The molecule has 100 valence electrons. The van der Waals surface area contributed by atoms with Crippen LogP contribution >= 0.6 is 0 Å². The molecule has 0 atom stereocenters. The van der Waals surface area contributed by atoms with E-state index in [1.807, 2.05) is 0 Å². The van der Waals surface area contributed by atoms with E-state index in [1.165, 1.54) is 7.11 Å². The SMILES string of the molecule is COc1cc(N)ccc1COc1cc(F)ccc1F. The highest BCUT2D eigenvalue weighted by Crippen LogP contribution is 2.24. The molecule has 0 bridgehead atoms. The van der Waals surface area contributed by atoms with E-state index >= 15 is 0 Å². The summed E-state index contributed by atoms with van der Waals surface area (Å²) in [5, 5.41) is 0. The lowest BCUT2D eigenvalue weighted by molar-refractivity contribution is 0.281. The Bertz CT molecular complexity index is 588. The average molecular weight is 265 g/mol. The Morgan fingerprint density at radius 3 is 2.58 bits per heavy atom. The molecular weight excluding hydrogens is 252 g/mol. The van der Waals surface area contributed by atoms with Crippen LogP contribution in [0.25, 0.3) is 0 Å². The highest BCUT2D eigenvalue weighted by molar-refractivity contribution is 5.48. The first kappa shape index (κ1) is 13.1. The molecule has 5 heteroatoms. The Kier molecular flexibility index (Phi) is 3.85. The highest BCUT2D eigenvalue weighted by atomic mass is 19.1. The van der Waals surface area contributed by atoms with E-state index < -0.39 is 11.6 Å². The number of benzene rings is 2. The monoisotopic (exact) mass is 265 g/mol. The van der Waals surface area contributed by atoms with Gasteiger partial charge < -0.3 is 15.2 Å². The first-order valence-electron chi connectivity index (χ1n) is 5.60. The number of anilines is 1. The molecule has 2 aromatic rings. The van der Waals surface area contributed by atoms with Gasteiger partial charge in [-0.15, -0.1) is 0 Å². The maximum absolute atomic E-state index is 13.4. The number of rotatable bonds is 4. The van der Waals surface area contributed by atoms with Crippen molar-refractivity contribution in [3.05, 3.63) is 53.6 Å². The number of hydrogen-bond acceptors (Lipinski definition) is 3. The molecule has 0 unspecified atom stereocenters. The summed E-state index contributed by atoms with van der Waals surface area (Å²) in [6.45, 7) is 0.0594. The number of nitrogens with two attached hydrogens (primary N) is 1. The van der Waals surface area contributed by atoms with Gasteiger partial charge in [0.05, 0.1) is 7.11 Å². The van der Waals surface area contributed by atoms with Crippen molar-refractivity contribution >= 4 is 5.69 Å². The lowest BCUT2D eigenvalue weighted by Gasteiger charge is -2.11. The molecule has 0 aliphatic carbocycles. The van der Waals surface area contributed by atoms with E-state index in [1.54, 1.807) is 18.2 Å². The van der Waals surface area contributed by atoms with Crippen LogP contribution in [0.4, 0.5) is 14.5 Å². The Morgan fingerprint density at radius 2 is 1.84 bits per heavy atom. The number of ether oxygens (including phenoxy) is 2. The fraction of sp³-hybridized carbons (Fsp3) is 0.143. The van der Waals surface area contributed by atoms with Gasteiger partial charge in [0.25, 0.3) is 0 Å². The van der Waals surface area contributed by atoms with E-state index in [-0.39, 0.29) is 12.4 Å². The Balaban J connectivity index is 2.16. The molecule has 0 aliphatic heterocycles. The maximum atomic E-state index is 13.4. The van der Waals surface area contributed by atoms with Gasteiger partial charge in [-0.2, -0.15) is 0 Å². The lowest BCUT2D eigenvalue weighted by atomic mass is 10.2. The van der Waals surface area contributed by atoms with Gasteiger partial charge in [0.15, 0.2) is 11.6 Å². The third-order valence-electron chi connectivity index (χ3n) is 2.59. The molecule has 0 saturated carbocycles. The molecule has 2 aromatic carbocycles. The lowest BCUT2D eigenvalue weighted by Crippen LogP contribution is -2.01. The van der Waals surface area contributed by atoms with E-state index in [2.05, 4.69) is 0 Å². The fourth-order valence-electron chi connectivity index (χ4n) is 1.62. The summed E-state index contributed by atoms with van der Waals surface area (Å²) in [6.07, 6.45) is 0. The minimum atomic E-state index is -0.615. The zero-order valence-electron chi connectivity index (χ0n) is 10.3. The first-order valence-corrected chi connectivity index (χ1v) is 5.60. The van der Waals surface area contributed by atoms with Crippen molar-refractivity contribution in [2.24, 2.45) is 0 Å². The van der Waals surface area contributed by atoms with Gasteiger partial charge in [0.2, 0.25) is 0 Å². The Morgan fingerprint density at radius 1 is 1.05 bits per heavy atom. The number of halogens is 2. The van der Waals surface area contributed by atoms with Crippen LogP contribution in [0.1, 0.15) is 5.56 Å². The van der Waals surface area contributed by atoms with Gasteiger partial charge in [-0.3, -0.25) is 0 Å². The smallest absolute Gasteiger partial charge is 0.165 e. The molecule has 2 N–H and O–H groups in total. The predicted molar refractivity (Wildman–Crippen MR) is 68.1 cm³/mol. The quantitative estimate of drug-likeness (QED) is 0.864. The minimum absolute atomic E-state index is 0.0594. The van der Waals surface area contributed by atoms with Crippen LogP contribution in [0.2, 0.25) is 0 Å². The minimum Gasteiger partial charge on any atom is -0.496 e. The van der Waals surface area contributed by atoms with Crippen LogP contribution in [0.5, 0.6) is 11.5 Å². The molecule has 0 spiro atoms. The van der Waals surface area contributed by atoms with Gasteiger partial charge in [-0.25, -0.2) is 8.78 Å². The Hall–Kier alpha value is -2.30. The molecule has 0 amide bonds. The molecule has 0 radical (unpaired) electrons. The summed E-state index contributed by atoms with van der Waals surface area (Å²) in [5.41, 5.74) is 6.87. The van der Waals surface area contributed by atoms with Gasteiger partial charge >= 0.3 is 0 Å². The topological polar surface area (TPSA) is 44.5 Å². The third-order valence-corrected chi connectivity index (χ3v) is 2.59. The predicted octanol–water partition coefficient (Wildman–Crippen LogP) is 3.13. The van der Waals surface area contributed by atoms with Crippen molar-refractivity contribution in [2.75, 3.05) is 12.8 Å². The van der Waals surface area contributed by atoms with Crippen molar-refractivity contribution < 1.29 is 18.3 Å². The molecule has 0 fully saturated rings. The van der Waals surface area contributed by atoms with E-state index in [9.17, 15) is 8.78 Å². The molecule has 19 heavy (non-hydrogen) atoms. The number of hydrogen-bond donors (Lipinski definition) is 1. The summed E-state index contributed by atoms with van der Waals surface area (Å²) in [4.78, 5) is 0. The summed E-state index contributed by atoms with van der Waals surface area (Å²) < 4.78 is 36.8. The van der Waals surface area contributed by atoms with Crippen molar-refractivity contribution in [2.45, 2.75) is 6.61 Å². The van der Waals surface area contributed by atoms with Crippen LogP contribution in [0.3, 0.4) is 0 Å². The normalized spacial score (nSPS) is 10.3. The summed E-state index contributed by atoms with van der Waals surface area (Å²) in [6, 6.07) is 8.09. The van der Waals surface area contributed by atoms with Crippen molar-refractivity contribution in [3.8, 4) is 11.5 Å². The largest absolute Gasteiger partial charge is 0.496 e. The zero-order chi connectivity index (χ0) is 13.8. The summed E-state index contributed by atoms with van der Waals surface area (Å²) in [5.74, 6) is -0.771. The van der Waals surface area contributed by atoms with E-state index in [0.29, 0.717) is 17.0 Å². The molecular formula is C14H13F2NO2. The standard InChI is InChI=1S/C14H13F2NO2/c1-18-13-7-11(17)4-2-9(13)8-19-14-6-10(15)3-5-12(14)16/h2-7H,8,17H2,1H3. The van der Waals surface area contributed by atoms with Crippen molar-refractivity contribution in [1.29, 1.82) is 0 Å². The van der Waals surface area contributed by atoms with Gasteiger partial charge in [0, 0.05) is 23.4 Å². The van der Waals surface area contributed by atoms with Crippen LogP contribution < -0.4 is 15.2 Å².